The zero-order valence-electron chi connectivity index (χ0n) is 12.8. The monoisotopic (exact) mass is 314 g/mol. The lowest BCUT2D eigenvalue weighted by Gasteiger charge is -2.13. The third-order valence-electron chi connectivity index (χ3n) is 2.75. The average molecular weight is 314 g/mol. The van der Waals surface area contributed by atoms with Crippen molar-refractivity contribution < 1.29 is 14.3 Å². The summed E-state index contributed by atoms with van der Waals surface area (Å²) in [5, 5.41) is 8.52. The number of nitrogens with two attached hydrogens (primary N) is 1. The van der Waals surface area contributed by atoms with Crippen LogP contribution in [-0.4, -0.2) is 39.0 Å². The maximum absolute atomic E-state index is 11.5. The molecule has 0 spiro atoms. The molecule has 1 atom stereocenters. The van der Waals surface area contributed by atoms with E-state index >= 15 is 0 Å². The Morgan fingerprint density at radius 2 is 2.00 bits per heavy atom. The Balaban J connectivity index is 2.91. The van der Waals surface area contributed by atoms with Crippen LogP contribution >= 0.6 is 11.8 Å². The van der Waals surface area contributed by atoms with Gasteiger partial charge in [0.1, 0.15) is 11.1 Å². The van der Waals surface area contributed by atoms with Gasteiger partial charge in [0.15, 0.2) is 5.16 Å². The van der Waals surface area contributed by atoms with Gasteiger partial charge >= 0.3 is 5.97 Å². The minimum atomic E-state index is -0.369. The molecule has 0 aliphatic rings. The normalized spacial score (nSPS) is 12.4. The number of nitrogens with zero attached hydrogens (tertiary/aromatic N) is 3. The fourth-order valence-corrected chi connectivity index (χ4v) is 2.65. The molecule has 7 nitrogen and oxygen atoms in total. The second-order valence-electron chi connectivity index (χ2n) is 5.15. The summed E-state index contributed by atoms with van der Waals surface area (Å²) in [7, 11) is 1.36. The van der Waals surface area contributed by atoms with E-state index in [1.807, 2.05) is 4.57 Å². The van der Waals surface area contributed by atoms with Crippen LogP contribution in [0.2, 0.25) is 0 Å². The number of primary amides is 1. The highest BCUT2D eigenvalue weighted by Gasteiger charge is 2.21. The van der Waals surface area contributed by atoms with Gasteiger partial charge in [-0.2, -0.15) is 0 Å². The number of carbonyl (C=O) groups is 2. The number of hydrogen-bond acceptors (Lipinski definition) is 6. The smallest absolute Gasteiger partial charge is 0.318 e. The summed E-state index contributed by atoms with van der Waals surface area (Å²) in [6.07, 6.45) is 0.676. The third kappa shape index (κ3) is 5.37. The molecule has 118 valence electrons. The lowest BCUT2D eigenvalue weighted by Crippen LogP contribution is -2.18. The summed E-state index contributed by atoms with van der Waals surface area (Å²) in [5.74, 6) is 0.423. The molecular formula is C13H22N4O3S. The van der Waals surface area contributed by atoms with E-state index in [0.717, 1.165) is 6.54 Å². The van der Waals surface area contributed by atoms with E-state index in [1.54, 1.807) is 6.92 Å². The van der Waals surface area contributed by atoms with E-state index in [9.17, 15) is 9.59 Å². The number of carbonyl (C=O) groups excluding carboxylic acids is 2. The summed E-state index contributed by atoms with van der Waals surface area (Å²) >= 11 is 1.30. The van der Waals surface area contributed by atoms with Gasteiger partial charge in [-0.25, -0.2) is 0 Å². The van der Waals surface area contributed by atoms with Crippen molar-refractivity contribution in [2.45, 2.75) is 50.6 Å². The van der Waals surface area contributed by atoms with E-state index in [2.05, 4.69) is 24.0 Å². The van der Waals surface area contributed by atoms with E-state index in [0.29, 0.717) is 23.3 Å². The number of aryl methyl sites for hydroxylation is 1. The van der Waals surface area contributed by atoms with Gasteiger partial charge in [0, 0.05) is 19.4 Å². The molecule has 0 fully saturated rings. The lowest BCUT2D eigenvalue weighted by molar-refractivity contribution is -0.139. The Bertz CT molecular complexity index is 502. The molecule has 2 N–H and O–H groups in total. The maximum Gasteiger partial charge on any atom is 0.318 e. The van der Waals surface area contributed by atoms with Crippen LogP contribution in [0.25, 0.3) is 0 Å². The molecule has 0 radical (unpaired) electrons. The largest absolute Gasteiger partial charge is 0.468 e. The SMILES string of the molecule is COC(=O)[C@@H](C)Sc1nnc(CCC(N)=O)n1CC(C)C. The summed E-state index contributed by atoms with van der Waals surface area (Å²) in [6.45, 7) is 6.64. The average Bonchev–Trinajstić information content (AvgIpc) is 2.77. The van der Waals surface area contributed by atoms with Gasteiger partial charge in [-0.1, -0.05) is 25.6 Å². The van der Waals surface area contributed by atoms with Crippen molar-refractivity contribution in [2.75, 3.05) is 7.11 Å². The number of ether oxygens (including phenoxy) is 1. The van der Waals surface area contributed by atoms with Crippen LogP contribution in [0.1, 0.15) is 33.0 Å². The number of hydrogen-bond donors (Lipinski definition) is 1. The highest BCUT2D eigenvalue weighted by molar-refractivity contribution is 8.00. The summed E-state index contributed by atoms with van der Waals surface area (Å²) < 4.78 is 6.65. The van der Waals surface area contributed by atoms with Crippen LogP contribution in [0, 0.1) is 5.92 Å². The van der Waals surface area contributed by atoms with Crippen molar-refractivity contribution >= 4 is 23.6 Å². The number of methoxy groups -OCH3 is 1. The van der Waals surface area contributed by atoms with Crippen molar-refractivity contribution in [3.8, 4) is 0 Å². The highest BCUT2D eigenvalue weighted by atomic mass is 32.2. The van der Waals surface area contributed by atoms with Crippen LogP contribution in [0.5, 0.6) is 0 Å². The van der Waals surface area contributed by atoms with Gasteiger partial charge in [0.25, 0.3) is 0 Å². The van der Waals surface area contributed by atoms with Crippen molar-refractivity contribution in [1.82, 2.24) is 14.8 Å². The van der Waals surface area contributed by atoms with Crippen LogP contribution in [0.3, 0.4) is 0 Å². The molecule has 0 bridgehead atoms. The van der Waals surface area contributed by atoms with Crippen molar-refractivity contribution in [1.29, 1.82) is 0 Å². The van der Waals surface area contributed by atoms with Crippen LogP contribution in [-0.2, 0) is 27.3 Å². The Morgan fingerprint density at radius 3 is 2.52 bits per heavy atom. The molecule has 0 aromatic carbocycles. The van der Waals surface area contributed by atoms with Gasteiger partial charge in [-0.3, -0.25) is 9.59 Å². The number of thioether (sulfide) groups is 1. The van der Waals surface area contributed by atoms with Crippen LogP contribution < -0.4 is 5.73 Å². The predicted octanol–water partition coefficient (Wildman–Crippen LogP) is 1.01. The highest BCUT2D eigenvalue weighted by Crippen LogP contribution is 2.24. The fourth-order valence-electron chi connectivity index (χ4n) is 1.75. The maximum atomic E-state index is 11.5. The topological polar surface area (TPSA) is 100 Å². The molecular weight excluding hydrogens is 292 g/mol. The molecule has 0 aliphatic heterocycles. The molecule has 1 aromatic heterocycles. The molecule has 1 amide bonds. The van der Waals surface area contributed by atoms with E-state index < -0.39 is 0 Å². The van der Waals surface area contributed by atoms with Crippen molar-refractivity contribution in [2.24, 2.45) is 11.7 Å². The zero-order chi connectivity index (χ0) is 16.0. The number of esters is 1. The first-order valence-electron chi connectivity index (χ1n) is 6.80. The molecule has 1 rings (SSSR count). The second kappa shape index (κ2) is 8.02. The van der Waals surface area contributed by atoms with Crippen LogP contribution in [0.15, 0.2) is 5.16 Å². The number of aromatic nitrogens is 3. The van der Waals surface area contributed by atoms with Gasteiger partial charge in [-0.05, 0) is 12.8 Å². The zero-order valence-corrected chi connectivity index (χ0v) is 13.6. The van der Waals surface area contributed by atoms with Crippen molar-refractivity contribution in [3.63, 3.8) is 0 Å². The van der Waals surface area contributed by atoms with E-state index in [1.165, 1.54) is 18.9 Å². The first-order chi connectivity index (χ1) is 9.85. The summed E-state index contributed by atoms with van der Waals surface area (Å²) in [6, 6.07) is 0. The standard InChI is InChI=1S/C13H22N4O3S/c1-8(2)7-17-11(6-5-10(14)18)15-16-13(17)21-9(3)12(19)20-4/h8-9H,5-7H2,1-4H3,(H2,14,18)/t9-/m1/s1. The molecule has 1 aromatic rings. The second-order valence-corrected chi connectivity index (χ2v) is 6.46. The minimum absolute atomic E-state index is 0.230. The van der Waals surface area contributed by atoms with Gasteiger partial charge in [0.2, 0.25) is 5.91 Å². The third-order valence-corrected chi connectivity index (χ3v) is 3.81. The molecule has 0 unspecified atom stereocenters. The minimum Gasteiger partial charge on any atom is -0.468 e. The summed E-state index contributed by atoms with van der Waals surface area (Å²) in [5.41, 5.74) is 5.17. The van der Waals surface area contributed by atoms with Crippen molar-refractivity contribution in [3.05, 3.63) is 5.82 Å². The van der Waals surface area contributed by atoms with Gasteiger partial charge in [-0.15, -0.1) is 10.2 Å². The molecule has 21 heavy (non-hydrogen) atoms. The summed E-state index contributed by atoms with van der Waals surface area (Å²) in [4.78, 5) is 22.4. The molecule has 1 heterocycles. The van der Waals surface area contributed by atoms with Gasteiger partial charge in [0.05, 0.1) is 7.11 Å². The predicted molar refractivity (Wildman–Crippen MR) is 79.7 cm³/mol. The van der Waals surface area contributed by atoms with Crippen LogP contribution in [0.4, 0.5) is 0 Å². The van der Waals surface area contributed by atoms with Gasteiger partial charge < -0.3 is 15.0 Å². The molecule has 8 heteroatoms. The van der Waals surface area contributed by atoms with E-state index in [-0.39, 0.29) is 23.5 Å². The Morgan fingerprint density at radius 1 is 1.33 bits per heavy atom. The Kier molecular flexibility index (Phi) is 6.67. The molecule has 0 saturated heterocycles. The molecule has 0 saturated carbocycles. The van der Waals surface area contributed by atoms with E-state index in [4.69, 9.17) is 10.5 Å². The Labute approximate surface area is 128 Å². The first kappa shape index (κ1) is 17.5. The number of amides is 1. The molecule has 0 aliphatic carbocycles. The fraction of sp³-hybridized carbons (Fsp3) is 0.692. The Hall–Kier alpha value is -1.57. The lowest BCUT2D eigenvalue weighted by atomic mass is 10.2. The quantitative estimate of drug-likeness (QED) is 0.567. The first-order valence-corrected chi connectivity index (χ1v) is 7.68. The number of rotatable bonds is 8.